The predicted molar refractivity (Wildman–Crippen MR) is 121 cm³/mol. The van der Waals surface area contributed by atoms with Crippen LogP contribution >= 0.6 is 0 Å². The van der Waals surface area contributed by atoms with Gasteiger partial charge in [-0.15, -0.1) is 0 Å². The van der Waals surface area contributed by atoms with Crippen molar-refractivity contribution in [2.24, 2.45) is 0 Å². The van der Waals surface area contributed by atoms with E-state index in [1.165, 1.54) is 0 Å². The molecule has 8 nitrogen and oxygen atoms in total. The van der Waals surface area contributed by atoms with E-state index in [4.69, 9.17) is 14.7 Å². The number of fused-ring (bicyclic) bond motifs is 1. The molecule has 0 bridgehead atoms. The molecular formula is C24H31N5O3. The fourth-order valence-corrected chi connectivity index (χ4v) is 4.58. The number of carbonyl (C=O) groups excluding carboxylic acids is 2. The Morgan fingerprint density at radius 1 is 1.16 bits per heavy atom. The monoisotopic (exact) mass is 437 g/mol. The summed E-state index contributed by atoms with van der Waals surface area (Å²) in [6.45, 7) is 4.67. The number of aromatic nitrogens is 2. The smallest absolute Gasteiger partial charge is 0.254 e. The molecule has 32 heavy (non-hydrogen) atoms. The van der Waals surface area contributed by atoms with Gasteiger partial charge < -0.3 is 19.9 Å². The van der Waals surface area contributed by atoms with Gasteiger partial charge in [0.2, 0.25) is 5.91 Å². The molecule has 0 radical (unpaired) electrons. The molecule has 1 saturated heterocycles. The van der Waals surface area contributed by atoms with E-state index >= 15 is 0 Å². The van der Waals surface area contributed by atoms with Gasteiger partial charge in [0.15, 0.2) is 0 Å². The molecule has 2 amide bonds. The van der Waals surface area contributed by atoms with Crippen molar-refractivity contribution in [2.75, 3.05) is 39.1 Å². The van der Waals surface area contributed by atoms with Crippen molar-refractivity contribution in [2.45, 2.75) is 45.3 Å². The van der Waals surface area contributed by atoms with Gasteiger partial charge in [0.25, 0.3) is 5.91 Å². The molecule has 1 unspecified atom stereocenters. The first-order chi connectivity index (χ1) is 15.5. The molecule has 1 atom stereocenters. The van der Waals surface area contributed by atoms with Crippen molar-refractivity contribution in [3.63, 3.8) is 0 Å². The minimum atomic E-state index is 0.00575. The third-order valence-electron chi connectivity index (χ3n) is 6.35. The maximum atomic E-state index is 13.1. The topological polar surface area (TPSA) is 87.7 Å². The second-order valence-corrected chi connectivity index (χ2v) is 8.52. The number of carbonyl (C=O) groups is 2. The Balaban J connectivity index is 1.55. The number of piperidine rings is 1. The summed E-state index contributed by atoms with van der Waals surface area (Å²) in [5.74, 6) is 1.81. The number of hydrogen-bond acceptors (Lipinski definition) is 6. The summed E-state index contributed by atoms with van der Waals surface area (Å²) in [5.41, 5.74) is 3.68. The number of hydrogen-bond donors (Lipinski definition) is 1. The van der Waals surface area contributed by atoms with Crippen LogP contribution in [0.4, 0.5) is 5.82 Å². The Bertz CT molecular complexity index is 992. The van der Waals surface area contributed by atoms with Crippen LogP contribution in [0.25, 0.3) is 0 Å². The van der Waals surface area contributed by atoms with E-state index in [-0.39, 0.29) is 17.7 Å². The van der Waals surface area contributed by atoms with Gasteiger partial charge in [0, 0.05) is 57.8 Å². The number of benzene rings is 1. The zero-order valence-electron chi connectivity index (χ0n) is 19.1. The van der Waals surface area contributed by atoms with Crippen LogP contribution in [0.15, 0.2) is 24.3 Å². The van der Waals surface area contributed by atoms with Crippen LogP contribution in [-0.4, -0.2) is 65.4 Å². The lowest BCUT2D eigenvalue weighted by Gasteiger charge is -2.33. The molecule has 3 heterocycles. The summed E-state index contributed by atoms with van der Waals surface area (Å²) in [5, 5.41) is 3.22. The van der Waals surface area contributed by atoms with Gasteiger partial charge in [-0.05, 0) is 37.0 Å². The zero-order chi connectivity index (χ0) is 22.7. The highest BCUT2D eigenvalue weighted by Gasteiger charge is 2.29. The number of anilines is 1. The molecule has 1 aromatic carbocycles. The van der Waals surface area contributed by atoms with Crippen LogP contribution in [0.1, 0.15) is 58.7 Å². The van der Waals surface area contributed by atoms with Crippen molar-refractivity contribution in [3.05, 3.63) is 52.5 Å². The number of rotatable bonds is 5. The van der Waals surface area contributed by atoms with E-state index in [1.54, 1.807) is 14.0 Å². The Kier molecular flexibility index (Phi) is 6.69. The van der Waals surface area contributed by atoms with E-state index in [0.29, 0.717) is 38.2 Å². The van der Waals surface area contributed by atoms with Crippen LogP contribution in [0.5, 0.6) is 0 Å². The van der Waals surface area contributed by atoms with Gasteiger partial charge >= 0.3 is 0 Å². The maximum absolute atomic E-state index is 13.1. The van der Waals surface area contributed by atoms with Gasteiger partial charge in [-0.3, -0.25) is 9.59 Å². The Labute approximate surface area is 189 Å². The minimum Gasteiger partial charge on any atom is -0.380 e. The number of nitrogens with zero attached hydrogens (tertiary/aromatic N) is 4. The van der Waals surface area contributed by atoms with Gasteiger partial charge in [-0.25, -0.2) is 9.97 Å². The summed E-state index contributed by atoms with van der Waals surface area (Å²) in [6.07, 6.45) is 2.62. The fraction of sp³-hybridized carbons (Fsp3) is 0.500. The first-order valence-corrected chi connectivity index (χ1v) is 11.2. The molecule has 0 saturated carbocycles. The molecule has 0 spiro atoms. The average molecular weight is 438 g/mol. The second kappa shape index (κ2) is 9.65. The largest absolute Gasteiger partial charge is 0.380 e. The summed E-state index contributed by atoms with van der Waals surface area (Å²) in [4.78, 5) is 38.4. The molecule has 170 valence electrons. The molecular weight excluding hydrogens is 406 g/mol. The quantitative estimate of drug-likeness (QED) is 0.774. The van der Waals surface area contributed by atoms with Crippen LogP contribution in [0.2, 0.25) is 0 Å². The number of nitrogens with one attached hydrogen (secondary N) is 1. The maximum Gasteiger partial charge on any atom is 0.254 e. The first-order valence-electron chi connectivity index (χ1n) is 11.2. The van der Waals surface area contributed by atoms with Crippen LogP contribution in [0.3, 0.4) is 0 Å². The van der Waals surface area contributed by atoms with E-state index in [0.717, 1.165) is 47.8 Å². The number of methoxy groups -OCH3 is 1. The number of amides is 2. The van der Waals surface area contributed by atoms with Crippen LogP contribution in [-0.2, 0) is 29.1 Å². The molecule has 1 N–H and O–H groups in total. The Morgan fingerprint density at radius 3 is 2.62 bits per heavy atom. The second-order valence-electron chi connectivity index (χ2n) is 8.52. The van der Waals surface area contributed by atoms with Crippen molar-refractivity contribution in [1.29, 1.82) is 0 Å². The molecule has 2 aromatic rings. The Morgan fingerprint density at radius 2 is 1.94 bits per heavy atom. The SMILES string of the molecule is CNc1nc(C2CCCN(C(C)=O)C2)nc2c1CCN(C(=O)c1ccc(COC)cc1)C2. The fourth-order valence-electron chi connectivity index (χ4n) is 4.58. The average Bonchev–Trinajstić information content (AvgIpc) is 2.83. The van der Waals surface area contributed by atoms with Crippen molar-refractivity contribution in [3.8, 4) is 0 Å². The highest BCUT2D eigenvalue weighted by Crippen LogP contribution is 2.30. The molecule has 1 aromatic heterocycles. The molecule has 4 rings (SSSR count). The molecule has 1 fully saturated rings. The van der Waals surface area contributed by atoms with Crippen molar-refractivity contribution in [1.82, 2.24) is 19.8 Å². The standard InChI is InChI=1S/C24H31N5O3/c1-16(30)28-11-4-5-19(13-28)22-26-21-14-29(12-10-20(21)23(25-2)27-22)24(31)18-8-6-17(7-9-18)15-32-3/h6-9,19H,4-5,10-15H2,1-3H3,(H,25,26,27). The van der Waals surface area contributed by atoms with Crippen molar-refractivity contribution >= 4 is 17.6 Å². The number of ether oxygens (including phenoxy) is 1. The first kappa shape index (κ1) is 22.2. The predicted octanol–water partition coefficient (Wildman–Crippen LogP) is 2.59. The highest BCUT2D eigenvalue weighted by molar-refractivity contribution is 5.94. The third kappa shape index (κ3) is 4.60. The van der Waals surface area contributed by atoms with Gasteiger partial charge in [0.1, 0.15) is 11.6 Å². The third-order valence-corrected chi connectivity index (χ3v) is 6.35. The molecule has 2 aliphatic heterocycles. The summed E-state index contributed by atoms with van der Waals surface area (Å²) >= 11 is 0. The minimum absolute atomic E-state index is 0.00575. The molecule has 8 heteroatoms. The van der Waals surface area contributed by atoms with E-state index in [2.05, 4.69) is 5.32 Å². The van der Waals surface area contributed by atoms with Gasteiger partial charge in [-0.2, -0.15) is 0 Å². The van der Waals surface area contributed by atoms with Crippen LogP contribution < -0.4 is 5.32 Å². The van der Waals surface area contributed by atoms with E-state index in [1.807, 2.05) is 41.1 Å². The number of likely N-dealkylation sites (tertiary alicyclic amines) is 1. The highest BCUT2D eigenvalue weighted by atomic mass is 16.5. The summed E-state index contributed by atoms with van der Waals surface area (Å²) in [7, 11) is 3.53. The summed E-state index contributed by atoms with van der Waals surface area (Å²) < 4.78 is 5.15. The van der Waals surface area contributed by atoms with Gasteiger partial charge in [0.05, 0.1) is 18.8 Å². The lowest BCUT2D eigenvalue weighted by atomic mass is 9.96. The Hall–Kier alpha value is -3.00. The molecule has 0 aliphatic carbocycles. The lowest BCUT2D eigenvalue weighted by Crippen LogP contribution is -2.39. The lowest BCUT2D eigenvalue weighted by molar-refractivity contribution is -0.130. The normalized spacial score (nSPS) is 18.3. The summed E-state index contributed by atoms with van der Waals surface area (Å²) in [6, 6.07) is 7.57. The molecule has 2 aliphatic rings. The zero-order valence-corrected chi connectivity index (χ0v) is 19.1. The van der Waals surface area contributed by atoms with Crippen LogP contribution in [0, 0.1) is 0 Å². The van der Waals surface area contributed by atoms with E-state index in [9.17, 15) is 9.59 Å². The van der Waals surface area contributed by atoms with E-state index < -0.39 is 0 Å². The van der Waals surface area contributed by atoms with Crippen molar-refractivity contribution < 1.29 is 14.3 Å². The van der Waals surface area contributed by atoms with Gasteiger partial charge in [-0.1, -0.05) is 12.1 Å².